The fraction of sp³-hybridized carbons (Fsp3) is 0.400. The molecule has 0 amide bonds. The Morgan fingerprint density at radius 2 is 1.58 bits per heavy atom. The fourth-order valence-corrected chi connectivity index (χ4v) is 2.09. The second-order valence-electron chi connectivity index (χ2n) is 6.81. The van der Waals surface area contributed by atoms with Crippen LogP contribution in [0, 0.1) is 0 Å². The van der Waals surface area contributed by atoms with Gasteiger partial charge in [0.2, 0.25) is 0 Å². The summed E-state index contributed by atoms with van der Waals surface area (Å²) in [6.45, 7) is 11.9. The Labute approximate surface area is 155 Å². The van der Waals surface area contributed by atoms with E-state index in [-0.39, 0.29) is 22.3 Å². The summed E-state index contributed by atoms with van der Waals surface area (Å²) >= 11 is 0. The summed E-state index contributed by atoms with van der Waals surface area (Å²) in [4.78, 5) is 21.6. The molecule has 1 rings (SSSR count). The monoisotopic (exact) mass is 363 g/mol. The number of carbonyl (C=O) groups is 2. The van der Waals surface area contributed by atoms with Gasteiger partial charge in [-0.2, -0.15) is 0 Å². The van der Waals surface area contributed by atoms with Gasteiger partial charge >= 0.3 is 5.91 Å². The second kappa shape index (κ2) is 9.43. The van der Waals surface area contributed by atoms with Gasteiger partial charge in [-0.1, -0.05) is 44.3 Å². The van der Waals surface area contributed by atoms with Crippen molar-refractivity contribution < 1.29 is 29.4 Å². The van der Waals surface area contributed by atoms with Crippen LogP contribution in [0.1, 0.15) is 43.1 Å². The van der Waals surface area contributed by atoms with E-state index in [4.69, 9.17) is 0 Å². The molecule has 0 fully saturated rings. The van der Waals surface area contributed by atoms with Gasteiger partial charge in [0, 0.05) is 11.1 Å². The quantitative estimate of drug-likeness (QED) is 0.330. The number of carboxylic acid groups (broad SMARTS) is 1. The van der Waals surface area contributed by atoms with Crippen molar-refractivity contribution in [3.05, 3.63) is 59.7 Å². The molecule has 0 bridgehead atoms. The number of aliphatic carboxylic acids is 1. The van der Waals surface area contributed by atoms with E-state index in [1.807, 2.05) is 12.1 Å². The minimum Gasteiger partial charge on any atom is -0.545 e. The maximum absolute atomic E-state index is 12.1. The molecule has 0 spiro atoms. The lowest BCUT2D eigenvalue weighted by Gasteiger charge is -2.40. The van der Waals surface area contributed by atoms with E-state index in [2.05, 4.69) is 13.2 Å². The largest absolute Gasteiger partial charge is 0.545 e. The minimum absolute atomic E-state index is 0.0377. The predicted octanol–water partition coefficient (Wildman–Crippen LogP) is 1.38. The van der Waals surface area contributed by atoms with Crippen LogP contribution >= 0.6 is 0 Å². The van der Waals surface area contributed by atoms with Gasteiger partial charge < -0.3 is 20.1 Å². The Balaban J connectivity index is 0.000000896. The first kappa shape index (κ1) is 23.7. The van der Waals surface area contributed by atoms with Gasteiger partial charge in [0.1, 0.15) is 6.54 Å². The summed E-state index contributed by atoms with van der Waals surface area (Å²) in [6, 6.07) is 7.22. The Morgan fingerprint density at radius 1 is 1.12 bits per heavy atom. The Kier molecular flexibility index (Phi) is 8.60. The van der Waals surface area contributed by atoms with Crippen LogP contribution in [0.2, 0.25) is 0 Å². The highest BCUT2D eigenvalue weighted by Gasteiger charge is 2.40. The Hall–Kier alpha value is -2.28. The molecule has 0 saturated heterocycles. The third-order valence-electron chi connectivity index (χ3n) is 4.01. The molecule has 1 aromatic rings. The van der Waals surface area contributed by atoms with Crippen molar-refractivity contribution in [3.8, 4) is 0 Å². The Bertz CT molecular complexity index is 677. The van der Waals surface area contributed by atoms with E-state index in [1.165, 1.54) is 6.92 Å². The molecule has 1 aromatic carbocycles. The lowest BCUT2D eigenvalue weighted by atomic mass is 9.99. The average Bonchev–Trinajstić information content (AvgIpc) is 2.54. The van der Waals surface area contributed by atoms with Gasteiger partial charge in [-0.15, -0.1) is 0 Å². The number of carbonyl (C=O) groups excluding carboxylic acids is 2. The standard InChI is InChI=1S/C16H24NO3.C4H6O2/c1-6-16(19,20)17(4,5)11-13-9-7-8-10-14(13)15(18)12(2)3;1-3(2)4(5)6/h7-10,19-20H,2,6,11H2,1,3-5H3;1H2,2H3,(H,5,6)/q+1;/p-1. The number of benzene rings is 1. The summed E-state index contributed by atoms with van der Waals surface area (Å²) in [5, 5.41) is 29.6. The fourth-order valence-electron chi connectivity index (χ4n) is 2.09. The summed E-state index contributed by atoms with van der Waals surface area (Å²) in [7, 11) is 3.46. The van der Waals surface area contributed by atoms with Crippen LogP contribution in [0.25, 0.3) is 0 Å². The number of Topliss-reactive ketones (excluding diaryl/α,β-unsaturated/α-hetero) is 1. The SMILES string of the molecule is C=C(C)C(=O)[O-].C=C(C)C(=O)c1ccccc1C[N+](C)(C)C(O)(O)CC. The van der Waals surface area contributed by atoms with Crippen LogP contribution in [0.5, 0.6) is 0 Å². The molecule has 0 aliphatic rings. The zero-order chi connectivity index (χ0) is 20.7. The summed E-state index contributed by atoms with van der Waals surface area (Å²) in [6.07, 6.45) is 0.205. The average molecular weight is 363 g/mol. The topological polar surface area (TPSA) is 97.7 Å². The molecule has 0 heterocycles. The van der Waals surface area contributed by atoms with Crippen molar-refractivity contribution in [2.24, 2.45) is 0 Å². The normalized spacial score (nSPS) is 11.2. The molecule has 0 unspecified atom stereocenters. The maximum Gasteiger partial charge on any atom is 0.313 e. The molecule has 0 aliphatic carbocycles. The highest BCUT2D eigenvalue weighted by molar-refractivity contribution is 6.08. The van der Waals surface area contributed by atoms with E-state index in [9.17, 15) is 24.9 Å². The lowest BCUT2D eigenvalue weighted by molar-refractivity contribution is -1.01. The van der Waals surface area contributed by atoms with E-state index in [1.54, 1.807) is 40.1 Å². The van der Waals surface area contributed by atoms with E-state index < -0.39 is 11.9 Å². The number of aliphatic hydroxyl groups is 2. The molecule has 0 atom stereocenters. The van der Waals surface area contributed by atoms with Crippen LogP contribution in [0.3, 0.4) is 0 Å². The number of hydrogen-bond acceptors (Lipinski definition) is 5. The molecule has 0 radical (unpaired) electrons. The molecule has 144 valence electrons. The molecular formula is C20H29NO5. The predicted molar refractivity (Wildman–Crippen MR) is 98.7 cm³/mol. The van der Waals surface area contributed by atoms with Crippen molar-refractivity contribution in [2.75, 3.05) is 14.1 Å². The van der Waals surface area contributed by atoms with Crippen LogP contribution < -0.4 is 5.11 Å². The summed E-state index contributed by atoms with van der Waals surface area (Å²) < 4.78 is -0.0377. The van der Waals surface area contributed by atoms with Gasteiger partial charge in [0.15, 0.2) is 5.78 Å². The number of allylic oxidation sites excluding steroid dienone is 1. The third-order valence-corrected chi connectivity index (χ3v) is 4.01. The molecule has 2 N–H and O–H groups in total. The van der Waals surface area contributed by atoms with Crippen LogP contribution in [-0.4, -0.2) is 46.5 Å². The number of rotatable bonds is 7. The first-order chi connectivity index (χ1) is 11.8. The Morgan fingerprint density at radius 3 is 1.96 bits per heavy atom. The van der Waals surface area contributed by atoms with Crippen molar-refractivity contribution in [3.63, 3.8) is 0 Å². The zero-order valence-electron chi connectivity index (χ0n) is 16.2. The zero-order valence-corrected chi connectivity index (χ0v) is 16.2. The van der Waals surface area contributed by atoms with Crippen LogP contribution in [-0.2, 0) is 11.3 Å². The number of quaternary nitrogens is 1. The molecule has 0 aromatic heterocycles. The first-order valence-corrected chi connectivity index (χ1v) is 8.19. The minimum atomic E-state index is -1.83. The molecule has 6 nitrogen and oxygen atoms in total. The summed E-state index contributed by atoms with van der Waals surface area (Å²) in [5.74, 6) is -3.13. The molecule has 26 heavy (non-hydrogen) atoms. The van der Waals surface area contributed by atoms with Crippen molar-refractivity contribution in [2.45, 2.75) is 39.6 Å². The first-order valence-electron chi connectivity index (χ1n) is 8.19. The van der Waals surface area contributed by atoms with Gasteiger partial charge in [0.25, 0.3) is 0 Å². The van der Waals surface area contributed by atoms with Crippen molar-refractivity contribution >= 4 is 11.8 Å². The van der Waals surface area contributed by atoms with Gasteiger partial charge in [-0.3, -0.25) is 9.28 Å². The second-order valence-corrected chi connectivity index (χ2v) is 6.81. The molecule has 0 aliphatic heterocycles. The smallest absolute Gasteiger partial charge is 0.313 e. The molecular weight excluding hydrogens is 334 g/mol. The van der Waals surface area contributed by atoms with E-state index >= 15 is 0 Å². The van der Waals surface area contributed by atoms with Crippen molar-refractivity contribution in [1.29, 1.82) is 0 Å². The van der Waals surface area contributed by atoms with Gasteiger partial charge in [-0.05, 0) is 25.0 Å². The number of carboxylic acids is 1. The van der Waals surface area contributed by atoms with E-state index in [0.717, 1.165) is 5.56 Å². The molecule has 0 saturated carbocycles. The number of ketones is 1. The highest BCUT2D eigenvalue weighted by atomic mass is 16.5. The van der Waals surface area contributed by atoms with Crippen LogP contribution in [0.4, 0.5) is 0 Å². The summed E-state index contributed by atoms with van der Waals surface area (Å²) in [5.41, 5.74) is 1.89. The van der Waals surface area contributed by atoms with E-state index in [0.29, 0.717) is 17.7 Å². The molecule has 6 heteroatoms. The van der Waals surface area contributed by atoms with Crippen LogP contribution in [0.15, 0.2) is 48.6 Å². The van der Waals surface area contributed by atoms with Gasteiger partial charge in [-0.25, -0.2) is 0 Å². The van der Waals surface area contributed by atoms with Crippen molar-refractivity contribution in [1.82, 2.24) is 0 Å². The number of nitrogens with zero attached hydrogens (tertiary/aromatic N) is 1. The maximum atomic E-state index is 12.1. The highest BCUT2D eigenvalue weighted by Crippen LogP contribution is 2.24. The third kappa shape index (κ3) is 6.55. The van der Waals surface area contributed by atoms with Gasteiger partial charge in [0.05, 0.1) is 26.5 Å². The number of hydrogen-bond donors (Lipinski definition) is 2. The lowest BCUT2D eigenvalue weighted by Crippen LogP contribution is -2.58.